The third kappa shape index (κ3) is 8.39. The number of hydrogen-bond acceptors (Lipinski definition) is 4. The molecule has 0 radical (unpaired) electrons. The lowest BCUT2D eigenvalue weighted by Crippen LogP contribution is -2.45. The van der Waals surface area contributed by atoms with Gasteiger partial charge < -0.3 is 20.3 Å². The number of hydrogen-bond donors (Lipinski definition) is 3. The number of benzene rings is 2. The van der Waals surface area contributed by atoms with Crippen LogP contribution < -0.4 is 5.32 Å². The Bertz CT molecular complexity index is 997. The van der Waals surface area contributed by atoms with Crippen LogP contribution in [0, 0.1) is 18.7 Å². The van der Waals surface area contributed by atoms with Gasteiger partial charge in [0.15, 0.2) is 0 Å². The molecule has 6 heteroatoms. The van der Waals surface area contributed by atoms with Gasteiger partial charge in [-0.05, 0) is 106 Å². The summed E-state index contributed by atoms with van der Waals surface area (Å²) in [5.41, 5.74) is 5.09. The van der Waals surface area contributed by atoms with Gasteiger partial charge in [-0.3, -0.25) is 4.79 Å². The summed E-state index contributed by atoms with van der Waals surface area (Å²) in [5, 5.41) is 23.0. The van der Waals surface area contributed by atoms with Crippen LogP contribution in [0.3, 0.4) is 0 Å². The molecular weight excluding hydrogens is 457 g/mol. The van der Waals surface area contributed by atoms with Crippen molar-refractivity contribution in [2.24, 2.45) is 5.92 Å². The van der Waals surface area contributed by atoms with Gasteiger partial charge in [0.05, 0.1) is 18.8 Å². The average Bonchev–Trinajstić information content (AvgIpc) is 3.22. The monoisotopic (exact) mass is 499 g/mol. The summed E-state index contributed by atoms with van der Waals surface area (Å²) in [6.45, 7) is 8.52. The van der Waals surface area contributed by atoms with E-state index in [2.05, 4.69) is 43.4 Å². The molecule has 0 aromatic heterocycles. The molecule has 198 valence electrons. The summed E-state index contributed by atoms with van der Waals surface area (Å²) in [4.78, 5) is 10.8. The van der Waals surface area contributed by atoms with E-state index in [0.717, 1.165) is 30.4 Å². The van der Waals surface area contributed by atoms with Crippen LogP contribution in [0.5, 0.6) is 0 Å². The van der Waals surface area contributed by atoms with Crippen molar-refractivity contribution in [2.45, 2.75) is 90.4 Å². The third-order valence-corrected chi connectivity index (χ3v) is 7.23. The minimum atomic E-state index is -0.804. The Hall–Kier alpha value is -2.28. The highest BCUT2D eigenvalue weighted by molar-refractivity contribution is 5.66. The first-order valence-electron chi connectivity index (χ1n) is 13.2. The Labute approximate surface area is 215 Å². The van der Waals surface area contributed by atoms with E-state index >= 15 is 0 Å². The Balaban J connectivity index is 1.47. The van der Waals surface area contributed by atoms with Crippen molar-refractivity contribution < 1.29 is 24.1 Å². The quantitative estimate of drug-likeness (QED) is 0.297. The van der Waals surface area contributed by atoms with Gasteiger partial charge >= 0.3 is 5.97 Å². The smallest absolute Gasteiger partial charge is 0.303 e. The maximum absolute atomic E-state index is 14.3. The van der Waals surface area contributed by atoms with Crippen LogP contribution in [-0.4, -0.2) is 41.0 Å². The molecule has 2 aromatic carbocycles. The number of fused-ring (bicyclic) bond motifs is 1. The van der Waals surface area contributed by atoms with E-state index in [9.17, 15) is 14.3 Å². The zero-order valence-electron chi connectivity index (χ0n) is 22.1. The van der Waals surface area contributed by atoms with E-state index in [1.54, 1.807) is 6.92 Å². The molecule has 0 saturated carbocycles. The molecule has 5 nitrogen and oxygen atoms in total. The summed E-state index contributed by atoms with van der Waals surface area (Å²) in [7, 11) is 0. The van der Waals surface area contributed by atoms with Crippen LogP contribution in [-0.2, 0) is 28.8 Å². The number of β-amino-alcohol motifs (C(OH)–C–C–N with tert-alkyl or cyclic N) is 1. The Kier molecular flexibility index (Phi) is 10.1. The largest absolute Gasteiger partial charge is 0.481 e. The molecule has 0 bridgehead atoms. The van der Waals surface area contributed by atoms with Gasteiger partial charge in [-0.25, -0.2) is 4.39 Å². The molecule has 2 atom stereocenters. The number of ether oxygens (including phenoxy) is 1. The normalized spacial score (nSPS) is 15.6. The average molecular weight is 500 g/mol. The van der Waals surface area contributed by atoms with Gasteiger partial charge in [-0.15, -0.1) is 0 Å². The first kappa shape index (κ1) is 28.3. The number of halogens is 1. The Morgan fingerprint density at radius 1 is 1.19 bits per heavy atom. The molecular formula is C30H42FNO4. The van der Waals surface area contributed by atoms with Crippen LogP contribution in [0.15, 0.2) is 36.4 Å². The molecule has 0 saturated heterocycles. The van der Waals surface area contributed by atoms with E-state index < -0.39 is 12.1 Å². The molecule has 2 aromatic rings. The van der Waals surface area contributed by atoms with Gasteiger partial charge in [0, 0.05) is 18.5 Å². The van der Waals surface area contributed by atoms with E-state index in [4.69, 9.17) is 9.84 Å². The zero-order valence-corrected chi connectivity index (χ0v) is 22.1. The highest BCUT2D eigenvalue weighted by Gasteiger charge is 2.28. The summed E-state index contributed by atoms with van der Waals surface area (Å²) >= 11 is 0. The van der Waals surface area contributed by atoms with Crippen molar-refractivity contribution in [3.8, 4) is 0 Å². The molecule has 36 heavy (non-hydrogen) atoms. The number of carboxylic acid groups (broad SMARTS) is 1. The zero-order chi connectivity index (χ0) is 26.3. The second-order valence-electron chi connectivity index (χ2n) is 11.0. The van der Waals surface area contributed by atoms with Crippen LogP contribution >= 0.6 is 0 Å². The lowest BCUT2D eigenvalue weighted by molar-refractivity contribution is -0.137. The lowest BCUT2D eigenvalue weighted by Gasteiger charge is -2.31. The van der Waals surface area contributed by atoms with E-state index in [0.29, 0.717) is 37.3 Å². The minimum absolute atomic E-state index is 0.109. The summed E-state index contributed by atoms with van der Waals surface area (Å²) < 4.78 is 20.3. The van der Waals surface area contributed by atoms with Crippen LogP contribution in [0.25, 0.3) is 0 Å². The molecule has 0 amide bonds. The highest BCUT2D eigenvalue weighted by Crippen LogP contribution is 2.32. The number of unbranched alkanes of at least 4 members (excludes halogenated alkanes) is 1. The fourth-order valence-electron chi connectivity index (χ4n) is 5.33. The van der Waals surface area contributed by atoms with Gasteiger partial charge in [-0.2, -0.15) is 0 Å². The fourth-order valence-corrected chi connectivity index (χ4v) is 5.33. The predicted octanol–water partition coefficient (Wildman–Crippen LogP) is 5.54. The number of nitrogens with one attached hydrogen (secondary N) is 1. The van der Waals surface area contributed by atoms with Crippen molar-refractivity contribution in [3.05, 3.63) is 70.0 Å². The summed E-state index contributed by atoms with van der Waals surface area (Å²) in [6, 6.07) is 12.0. The van der Waals surface area contributed by atoms with E-state index in [1.165, 1.54) is 17.2 Å². The van der Waals surface area contributed by atoms with Gasteiger partial charge in [0.2, 0.25) is 0 Å². The first-order chi connectivity index (χ1) is 17.0. The van der Waals surface area contributed by atoms with Crippen molar-refractivity contribution >= 4 is 5.97 Å². The van der Waals surface area contributed by atoms with Gasteiger partial charge in [0.1, 0.15) is 5.82 Å². The maximum Gasteiger partial charge on any atom is 0.303 e. The molecule has 3 N–H and O–H groups in total. The van der Waals surface area contributed by atoms with Crippen LogP contribution in [0.1, 0.15) is 80.4 Å². The number of aliphatic carboxylic acids is 1. The van der Waals surface area contributed by atoms with E-state index in [-0.39, 0.29) is 30.5 Å². The van der Waals surface area contributed by atoms with Crippen molar-refractivity contribution in [2.75, 3.05) is 13.2 Å². The lowest BCUT2D eigenvalue weighted by atomic mass is 9.88. The van der Waals surface area contributed by atoms with Crippen LogP contribution in [0.4, 0.5) is 4.39 Å². The Morgan fingerprint density at radius 2 is 1.86 bits per heavy atom. The molecule has 1 aliphatic rings. The topological polar surface area (TPSA) is 78.8 Å². The third-order valence-electron chi connectivity index (χ3n) is 7.23. The molecule has 0 aliphatic heterocycles. The minimum Gasteiger partial charge on any atom is -0.481 e. The number of aliphatic hydroxyl groups excluding tert-OH is 1. The Morgan fingerprint density at radius 3 is 2.50 bits per heavy atom. The molecule has 0 heterocycles. The summed E-state index contributed by atoms with van der Waals surface area (Å²) in [5.74, 6) is -0.488. The number of aryl methyl sites for hydroxylation is 2. The first-order valence-corrected chi connectivity index (χ1v) is 13.2. The highest BCUT2D eigenvalue weighted by atomic mass is 19.1. The van der Waals surface area contributed by atoms with Crippen molar-refractivity contribution in [1.82, 2.24) is 5.32 Å². The molecule has 0 unspecified atom stereocenters. The van der Waals surface area contributed by atoms with Gasteiger partial charge in [0.25, 0.3) is 0 Å². The van der Waals surface area contributed by atoms with E-state index in [1.807, 2.05) is 13.0 Å². The van der Waals surface area contributed by atoms with Crippen molar-refractivity contribution in [3.63, 3.8) is 0 Å². The van der Waals surface area contributed by atoms with Crippen molar-refractivity contribution in [1.29, 1.82) is 0 Å². The second kappa shape index (κ2) is 12.8. The molecule has 1 aliphatic carbocycles. The number of carboxylic acids is 1. The maximum atomic E-state index is 14.3. The molecule has 0 spiro atoms. The van der Waals surface area contributed by atoms with Gasteiger partial charge in [-0.1, -0.05) is 30.3 Å². The number of carbonyl (C=O) groups is 1. The van der Waals surface area contributed by atoms with Crippen LogP contribution in [0.2, 0.25) is 0 Å². The SMILES string of the molecule is Cc1cc(CCCCC(=O)O)c([C@@H](C)OC[C@H](O)CNC(C)(C)CC2Cc3ccccc3C2)cc1F. The second-order valence-corrected chi connectivity index (χ2v) is 11.0. The number of rotatable bonds is 14. The molecule has 0 fully saturated rings. The summed E-state index contributed by atoms with van der Waals surface area (Å²) in [6.07, 6.45) is 4.27. The standard InChI is InChI=1S/C30H42FNO4/c1-20-13-25(11-7-8-12-29(34)35)27(16-28(20)31)21(2)36-19-26(33)18-32-30(3,4)17-22-14-23-9-5-6-10-24(23)15-22/h5-6,9-10,13,16,21-22,26,32-33H,7-8,11-12,14-15,17-19H2,1-4H3,(H,34,35)/t21-,26-/m1/s1. The fraction of sp³-hybridized carbons (Fsp3) is 0.567. The number of aliphatic hydroxyl groups is 1. The predicted molar refractivity (Wildman–Crippen MR) is 141 cm³/mol. The molecule has 3 rings (SSSR count).